The van der Waals surface area contributed by atoms with E-state index >= 15 is 0 Å². The Morgan fingerprint density at radius 3 is 2.50 bits per heavy atom. The van der Waals surface area contributed by atoms with E-state index in [1.165, 1.54) is 0 Å². The van der Waals surface area contributed by atoms with Crippen molar-refractivity contribution in [2.75, 3.05) is 44.4 Å². The van der Waals surface area contributed by atoms with Gasteiger partial charge in [0, 0.05) is 48.8 Å². The minimum atomic E-state index is -0.221. The van der Waals surface area contributed by atoms with Gasteiger partial charge in [-0.3, -0.25) is 10.1 Å². The molecular formula is C26H29Cl2N5O3. The third-order valence-corrected chi connectivity index (χ3v) is 7.08. The summed E-state index contributed by atoms with van der Waals surface area (Å²) in [6.45, 7) is 6.40. The average Bonchev–Trinajstić information content (AvgIpc) is 3.58. The Morgan fingerprint density at radius 1 is 1.06 bits per heavy atom. The van der Waals surface area contributed by atoms with Crippen molar-refractivity contribution in [2.45, 2.75) is 19.6 Å². The zero-order valence-electron chi connectivity index (χ0n) is 20.0. The van der Waals surface area contributed by atoms with E-state index in [2.05, 4.69) is 27.8 Å². The predicted molar refractivity (Wildman–Crippen MR) is 140 cm³/mol. The molecular weight excluding hydrogens is 501 g/mol. The first-order valence-corrected chi connectivity index (χ1v) is 12.7. The zero-order chi connectivity index (χ0) is 25.1. The van der Waals surface area contributed by atoms with Crippen LogP contribution in [0.5, 0.6) is 5.75 Å². The maximum absolute atomic E-state index is 11.5. The van der Waals surface area contributed by atoms with Gasteiger partial charge in [-0.15, -0.1) is 0 Å². The van der Waals surface area contributed by atoms with Gasteiger partial charge in [-0.25, -0.2) is 10.4 Å². The van der Waals surface area contributed by atoms with Gasteiger partial charge in [0.15, 0.2) is 0 Å². The van der Waals surface area contributed by atoms with Crippen LogP contribution in [-0.2, 0) is 11.4 Å². The smallest absolute Gasteiger partial charge is 0.219 e. The van der Waals surface area contributed by atoms with Crippen molar-refractivity contribution in [1.29, 1.82) is 0 Å². The van der Waals surface area contributed by atoms with Crippen molar-refractivity contribution in [1.82, 2.24) is 20.7 Å². The molecule has 2 saturated heterocycles. The van der Waals surface area contributed by atoms with Gasteiger partial charge in [0.1, 0.15) is 29.9 Å². The fourth-order valence-corrected chi connectivity index (χ4v) is 5.09. The third kappa shape index (κ3) is 5.63. The summed E-state index contributed by atoms with van der Waals surface area (Å²) < 4.78 is 12.2. The van der Waals surface area contributed by atoms with E-state index in [0.29, 0.717) is 30.0 Å². The number of piperazine rings is 1. The number of hydrogen-bond donors (Lipinski definition) is 2. The lowest BCUT2D eigenvalue weighted by molar-refractivity contribution is -0.129. The van der Waals surface area contributed by atoms with E-state index in [9.17, 15) is 4.79 Å². The van der Waals surface area contributed by atoms with E-state index in [1.54, 1.807) is 13.0 Å². The molecule has 190 valence electrons. The Bertz CT molecular complexity index is 1190. The molecule has 10 heteroatoms. The molecule has 2 aliphatic heterocycles. The number of benzene rings is 2. The van der Waals surface area contributed by atoms with E-state index in [4.69, 9.17) is 32.4 Å². The Labute approximate surface area is 220 Å². The highest BCUT2D eigenvalue weighted by Gasteiger charge is 2.29. The van der Waals surface area contributed by atoms with E-state index < -0.39 is 0 Å². The molecule has 3 aromatic rings. The molecule has 1 aromatic heterocycles. The maximum Gasteiger partial charge on any atom is 0.219 e. The van der Waals surface area contributed by atoms with Crippen LogP contribution in [0.15, 0.2) is 59.0 Å². The Kier molecular flexibility index (Phi) is 7.69. The summed E-state index contributed by atoms with van der Waals surface area (Å²) in [5.41, 5.74) is 5.35. The molecule has 0 bridgehead atoms. The van der Waals surface area contributed by atoms with Crippen LogP contribution in [0.2, 0.25) is 10.0 Å². The van der Waals surface area contributed by atoms with Crippen LogP contribution in [-0.4, -0.2) is 55.3 Å². The lowest BCUT2D eigenvalue weighted by Crippen LogP contribution is -2.48. The van der Waals surface area contributed by atoms with E-state index in [0.717, 1.165) is 54.7 Å². The minimum Gasteiger partial charge on any atom is -0.486 e. The fourth-order valence-electron chi connectivity index (χ4n) is 4.58. The second-order valence-corrected chi connectivity index (χ2v) is 9.70. The number of amides is 1. The topological polar surface area (TPSA) is 73.2 Å². The molecule has 1 amide bonds. The SMILES string of the molecule is CC(=O)N1CCN(c2ccc(OCc3ccc(C(c4ccc(Cl)cc4Cl)N4CNCN4)o3)cc2)CC1. The standard InChI is InChI=1S/C26H29Cl2N5O3/c1-18(34)31-10-12-32(13-11-31)20-3-5-21(6-4-20)35-15-22-7-9-25(36-22)26(33-17-29-16-30-33)23-8-2-19(27)14-24(23)28/h2-9,14,26,29-30H,10-13,15-17H2,1H3. The summed E-state index contributed by atoms with van der Waals surface area (Å²) in [4.78, 5) is 15.7. The molecule has 1 atom stereocenters. The first kappa shape index (κ1) is 24.9. The van der Waals surface area contributed by atoms with Gasteiger partial charge in [-0.05, 0) is 54.1 Å². The van der Waals surface area contributed by atoms with Gasteiger partial charge in [0.05, 0.1) is 13.3 Å². The summed E-state index contributed by atoms with van der Waals surface area (Å²) in [6.07, 6.45) is 0. The van der Waals surface area contributed by atoms with Gasteiger partial charge in [0.25, 0.3) is 0 Å². The van der Waals surface area contributed by atoms with Crippen LogP contribution >= 0.6 is 23.2 Å². The van der Waals surface area contributed by atoms with Crippen molar-refractivity contribution in [3.05, 3.63) is 81.7 Å². The van der Waals surface area contributed by atoms with Crippen LogP contribution in [0.4, 0.5) is 5.69 Å². The largest absolute Gasteiger partial charge is 0.486 e. The average molecular weight is 530 g/mol. The second-order valence-electron chi connectivity index (χ2n) is 8.86. The van der Waals surface area contributed by atoms with Crippen LogP contribution in [0.25, 0.3) is 0 Å². The summed E-state index contributed by atoms with van der Waals surface area (Å²) in [6, 6.07) is 17.2. The monoisotopic (exact) mass is 529 g/mol. The molecule has 2 aliphatic rings. The van der Waals surface area contributed by atoms with Crippen molar-refractivity contribution in [3.8, 4) is 5.75 Å². The number of hydrogen-bond acceptors (Lipinski definition) is 7. The van der Waals surface area contributed by atoms with Gasteiger partial charge in [-0.1, -0.05) is 29.3 Å². The first-order valence-electron chi connectivity index (χ1n) is 12.0. The molecule has 1 unspecified atom stereocenters. The number of furan rings is 1. The molecule has 0 aliphatic carbocycles. The Balaban J connectivity index is 1.23. The van der Waals surface area contributed by atoms with Crippen LogP contribution in [0.1, 0.15) is 30.0 Å². The molecule has 0 spiro atoms. The number of ether oxygens (including phenoxy) is 1. The molecule has 2 N–H and O–H groups in total. The molecule has 36 heavy (non-hydrogen) atoms. The molecule has 0 saturated carbocycles. The van der Waals surface area contributed by atoms with Gasteiger partial charge in [-0.2, -0.15) is 0 Å². The normalized spacial score (nSPS) is 17.4. The highest BCUT2D eigenvalue weighted by Crippen LogP contribution is 2.35. The van der Waals surface area contributed by atoms with Gasteiger partial charge in [0.2, 0.25) is 5.91 Å². The Hall–Kier alpha value is -2.75. The number of nitrogens with one attached hydrogen (secondary N) is 2. The van der Waals surface area contributed by atoms with E-state index in [-0.39, 0.29) is 11.9 Å². The summed E-state index contributed by atoms with van der Waals surface area (Å²) in [7, 11) is 0. The molecule has 8 nitrogen and oxygen atoms in total. The highest BCUT2D eigenvalue weighted by molar-refractivity contribution is 6.35. The van der Waals surface area contributed by atoms with Crippen LogP contribution < -0.4 is 20.4 Å². The summed E-state index contributed by atoms with van der Waals surface area (Å²) >= 11 is 12.7. The van der Waals surface area contributed by atoms with Crippen molar-refractivity contribution in [3.63, 3.8) is 0 Å². The van der Waals surface area contributed by atoms with Crippen LogP contribution in [0, 0.1) is 0 Å². The molecule has 0 radical (unpaired) electrons. The third-order valence-electron chi connectivity index (χ3n) is 6.52. The molecule has 5 rings (SSSR count). The second kappa shape index (κ2) is 11.1. The molecule has 2 aromatic carbocycles. The molecule has 2 fully saturated rings. The lowest BCUT2D eigenvalue weighted by Gasteiger charge is -2.35. The highest BCUT2D eigenvalue weighted by atomic mass is 35.5. The minimum absolute atomic E-state index is 0.135. The Morgan fingerprint density at radius 2 is 1.83 bits per heavy atom. The number of halogens is 2. The first-order chi connectivity index (χ1) is 17.5. The summed E-state index contributed by atoms with van der Waals surface area (Å²) in [5, 5.41) is 6.49. The van der Waals surface area contributed by atoms with Gasteiger partial charge < -0.3 is 19.0 Å². The maximum atomic E-state index is 11.5. The fraction of sp³-hybridized carbons (Fsp3) is 0.346. The van der Waals surface area contributed by atoms with Gasteiger partial charge >= 0.3 is 0 Å². The predicted octanol–water partition coefficient (Wildman–Crippen LogP) is 4.25. The molecule has 3 heterocycles. The van der Waals surface area contributed by atoms with E-state index in [1.807, 2.05) is 46.3 Å². The van der Waals surface area contributed by atoms with Crippen LogP contribution in [0.3, 0.4) is 0 Å². The quantitative estimate of drug-likeness (QED) is 0.473. The number of anilines is 1. The number of carbonyl (C=O) groups excluding carboxylic acids is 1. The number of nitrogens with zero attached hydrogens (tertiary/aromatic N) is 3. The number of rotatable bonds is 7. The van der Waals surface area contributed by atoms with Crippen molar-refractivity contribution in [2.24, 2.45) is 0 Å². The number of hydrazine groups is 1. The van der Waals surface area contributed by atoms with Crippen molar-refractivity contribution < 1.29 is 13.9 Å². The zero-order valence-corrected chi connectivity index (χ0v) is 21.6. The lowest BCUT2D eigenvalue weighted by atomic mass is 10.0. The summed E-state index contributed by atoms with van der Waals surface area (Å²) in [5.74, 6) is 2.38. The van der Waals surface area contributed by atoms with Crippen molar-refractivity contribution >= 4 is 34.8 Å². The number of carbonyl (C=O) groups is 1.